The lowest BCUT2D eigenvalue weighted by atomic mass is 10.0. The van der Waals surface area contributed by atoms with Crippen molar-refractivity contribution >= 4 is 23.3 Å². The van der Waals surface area contributed by atoms with Gasteiger partial charge in [-0.1, -0.05) is 35.9 Å². The third-order valence-corrected chi connectivity index (χ3v) is 3.10. The summed E-state index contributed by atoms with van der Waals surface area (Å²) in [5, 5.41) is 19.6. The monoisotopic (exact) mass is 291 g/mol. The third-order valence-electron chi connectivity index (χ3n) is 2.78. The lowest BCUT2D eigenvalue weighted by molar-refractivity contribution is -0.384. The van der Waals surface area contributed by atoms with Gasteiger partial charge in [0.15, 0.2) is 0 Å². The standard InChI is InChI=1S/C14H10ClNO4/c15-13-8-11(16(19)20)5-6-12(13)10-3-1-9(2-4-10)7-14(17)18/h1-6,8H,7H2,(H,17,18). The number of carbonyl (C=O) groups is 1. The molecule has 0 fully saturated rings. The highest BCUT2D eigenvalue weighted by molar-refractivity contribution is 6.33. The predicted molar refractivity (Wildman–Crippen MR) is 74.9 cm³/mol. The highest BCUT2D eigenvalue weighted by Gasteiger charge is 2.11. The van der Waals surface area contributed by atoms with Crippen LogP contribution in [-0.4, -0.2) is 16.0 Å². The van der Waals surface area contributed by atoms with Gasteiger partial charge in [0.2, 0.25) is 0 Å². The molecule has 0 radical (unpaired) electrons. The van der Waals surface area contributed by atoms with Crippen LogP contribution in [0.15, 0.2) is 42.5 Å². The van der Waals surface area contributed by atoms with Gasteiger partial charge in [-0.25, -0.2) is 0 Å². The molecular formula is C14H10ClNO4. The van der Waals surface area contributed by atoms with Crippen molar-refractivity contribution in [3.63, 3.8) is 0 Å². The number of hydrogen-bond acceptors (Lipinski definition) is 3. The van der Waals surface area contributed by atoms with E-state index in [0.717, 1.165) is 5.56 Å². The topological polar surface area (TPSA) is 80.4 Å². The highest BCUT2D eigenvalue weighted by atomic mass is 35.5. The molecule has 0 unspecified atom stereocenters. The fourth-order valence-corrected chi connectivity index (χ4v) is 2.11. The lowest BCUT2D eigenvalue weighted by Crippen LogP contribution is -1.99. The Hall–Kier alpha value is -2.40. The van der Waals surface area contributed by atoms with E-state index in [2.05, 4.69) is 0 Å². The zero-order valence-electron chi connectivity index (χ0n) is 10.2. The molecule has 6 heteroatoms. The minimum absolute atomic E-state index is 0.0473. The summed E-state index contributed by atoms with van der Waals surface area (Å²) in [7, 11) is 0. The molecule has 0 aliphatic rings. The first-order valence-corrected chi connectivity index (χ1v) is 6.10. The third kappa shape index (κ3) is 3.13. The molecule has 102 valence electrons. The Kier molecular flexibility index (Phi) is 4.00. The maximum atomic E-state index is 10.6. The van der Waals surface area contributed by atoms with Crippen LogP contribution in [-0.2, 0) is 11.2 Å². The Morgan fingerprint density at radius 3 is 2.35 bits per heavy atom. The second kappa shape index (κ2) is 5.71. The number of aliphatic carboxylic acids is 1. The van der Waals surface area contributed by atoms with E-state index < -0.39 is 10.9 Å². The van der Waals surface area contributed by atoms with Crippen LogP contribution in [0.5, 0.6) is 0 Å². The van der Waals surface area contributed by atoms with E-state index in [9.17, 15) is 14.9 Å². The van der Waals surface area contributed by atoms with Crippen LogP contribution in [0.25, 0.3) is 11.1 Å². The number of benzene rings is 2. The van der Waals surface area contributed by atoms with E-state index in [1.807, 2.05) is 0 Å². The number of non-ortho nitro benzene ring substituents is 1. The average Bonchev–Trinajstić information content (AvgIpc) is 2.39. The fraction of sp³-hybridized carbons (Fsp3) is 0.0714. The van der Waals surface area contributed by atoms with Crippen LogP contribution in [0.3, 0.4) is 0 Å². The number of rotatable bonds is 4. The molecule has 0 bridgehead atoms. The minimum atomic E-state index is -0.897. The molecule has 0 saturated carbocycles. The minimum Gasteiger partial charge on any atom is -0.481 e. The molecule has 0 aliphatic carbocycles. The van der Waals surface area contributed by atoms with E-state index in [-0.39, 0.29) is 17.1 Å². The Labute approximate surface area is 119 Å². The molecule has 0 amide bonds. The summed E-state index contributed by atoms with van der Waals surface area (Å²) >= 11 is 6.03. The maximum absolute atomic E-state index is 10.6. The fourth-order valence-electron chi connectivity index (χ4n) is 1.83. The molecule has 1 N–H and O–H groups in total. The van der Waals surface area contributed by atoms with Gasteiger partial charge in [0.25, 0.3) is 5.69 Å². The molecule has 5 nitrogen and oxygen atoms in total. The smallest absolute Gasteiger partial charge is 0.307 e. The second-order valence-corrected chi connectivity index (χ2v) is 4.60. The van der Waals surface area contributed by atoms with Crippen molar-refractivity contribution in [2.75, 3.05) is 0 Å². The van der Waals surface area contributed by atoms with Crippen molar-refractivity contribution in [3.05, 3.63) is 63.2 Å². The molecule has 0 spiro atoms. The Morgan fingerprint density at radius 2 is 1.85 bits per heavy atom. The van der Waals surface area contributed by atoms with Gasteiger partial charge in [-0.05, 0) is 17.2 Å². The number of halogens is 1. The predicted octanol–water partition coefficient (Wildman–Crippen LogP) is 3.54. The first-order valence-electron chi connectivity index (χ1n) is 5.72. The average molecular weight is 292 g/mol. The van der Waals surface area contributed by atoms with Gasteiger partial charge in [0.1, 0.15) is 0 Å². The van der Waals surface area contributed by atoms with Crippen molar-refractivity contribution in [2.45, 2.75) is 6.42 Å². The SMILES string of the molecule is O=C(O)Cc1ccc(-c2ccc([N+](=O)[O-])cc2Cl)cc1. The molecule has 0 saturated heterocycles. The summed E-state index contributed by atoms with van der Waals surface area (Å²) in [6, 6.07) is 11.1. The number of nitro benzene ring substituents is 1. The summed E-state index contributed by atoms with van der Waals surface area (Å²) in [4.78, 5) is 20.7. The normalized spacial score (nSPS) is 10.2. The van der Waals surface area contributed by atoms with Gasteiger partial charge in [0, 0.05) is 17.7 Å². The van der Waals surface area contributed by atoms with Crippen LogP contribution >= 0.6 is 11.6 Å². The van der Waals surface area contributed by atoms with Crippen molar-refractivity contribution < 1.29 is 14.8 Å². The zero-order chi connectivity index (χ0) is 14.7. The Bertz CT molecular complexity index is 667. The van der Waals surface area contributed by atoms with Gasteiger partial charge in [-0.15, -0.1) is 0 Å². The van der Waals surface area contributed by atoms with Gasteiger partial charge in [-0.2, -0.15) is 0 Å². The molecule has 2 aromatic carbocycles. The van der Waals surface area contributed by atoms with Gasteiger partial charge in [0.05, 0.1) is 16.4 Å². The summed E-state index contributed by atoms with van der Waals surface area (Å²) < 4.78 is 0. The number of carboxylic acid groups (broad SMARTS) is 1. The Morgan fingerprint density at radius 1 is 1.20 bits per heavy atom. The van der Waals surface area contributed by atoms with Crippen molar-refractivity contribution in [1.29, 1.82) is 0 Å². The number of nitro groups is 1. The van der Waals surface area contributed by atoms with Crippen molar-refractivity contribution in [2.24, 2.45) is 0 Å². The van der Waals surface area contributed by atoms with E-state index in [1.54, 1.807) is 30.3 Å². The van der Waals surface area contributed by atoms with Crippen LogP contribution in [0.2, 0.25) is 5.02 Å². The number of nitrogens with zero attached hydrogens (tertiary/aromatic N) is 1. The lowest BCUT2D eigenvalue weighted by Gasteiger charge is -2.05. The summed E-state index contributed by atoms with van der Waals surface area (Å²) in [5.74, 6) is -0.897. The molecule has 20 heavy (non-hydrogen) atoms. The highest BCUT2D eigenvalue weighted by Crippen LogP contribution is 2.31. The Balaban J connectivity index is 2.32. The zero-order valence-corrected chi connectivity index (χ0v) is 11.0. The van der Waals surface area contributed by atoms with Crippen LogP contribution in [0, 0.1) is 10.1 Å². The maximum Gasteiger partial charge on any atom is 0.307 e. The second-order valence-electron chi connectivity index (χ2n) is 4.19. The van der Waals surface area contributed by atoms with E-state index in [4.69, 9.17) is 16.7 Å². The summed E-state index contributed by atoms with van der Waals surface area (Å²) in [6.07, 6.45) is -0.0473. The van der Waals surface area contributed by atoms with Crippen LogP contribution < -0.4 is 0 Å². The van der Waals surface area contributed by atoms with Gasteiger partial charge < -0.3 is 5.11 Å². The first kappa shape index (κ1) is 14.0. The van der Waals surface area contributed by atoms with Crippen molar-refractivity contribution in [1.82, 2.24) is 0 Å². The molecule has 2 rings (SSSR count). The summed E-state index contributed by atoms with van der Waals surface area (Å²) in [5.41, 5.74) is 2.05. The molecule has 2 aromatic rings. The largest absolute Gasteiger partial charge is 0.481 e. The molecule has 0 heterocycles. The van der Waals surface area contributed by atoms with E-state index in [1.165, 1.54) is 12.1 Å². The van der Waals surface area contributed by atoms with Gasteiger partial charge in [-0.3, -0.25) is 14.9 Å². The van der Waals surface area contributed by atoms with E-state index in [0.29, 0.717) is 11.1 Å². The van der Waals surface area contributed by atoms with Crippen LogP contribution in [0.4, 0.5) is 5.69 Å². The molecular weight excluding hydrogens is 282 g/mol. The van der Waals surface area contributed by atoms with E-state index >= 15 is 0 Å². The summed E-state index contributed by atoms with van der Waals surface area (Å²) in [6.45, 7) is 0. The number of hydrogen-bond donors (Lipinski definition) is 1. The first-order chi connectivity index (χ1) is 9.47. The van der Waals surface area contributed by atoms with Crippen LogP contribution in [0.1, 0.15) is 5.56 Å². The molecule has 0 aromatic heterocycles. The quantitative estimate of drug-likeness (QED) is 0.690. The molecule has 0 aliphatic heterocycles. The molecule has 0 atom stereocenters. The number of carboxylic acids is 1. The van der Waals surface area contributed by atoms with Gasteiger partial charge >= 0.3 is 5.97 Å². The van der Waals surface area contributed by atoms with Crippen molar-refractivity contribution in [3.8, 4) is 11.1 Å².